The Hall–Kier alpha value is -0.930. The first-order valence-corrected chi connectivity index (χ1v) is 3.58. The monoisotopic (exact) mass is 171 g/mol. The molecule has 0 aromatic carbocycles. The normalized spacial score (nSPS) is 7.17. The number of hydrogen-bond acceptors (Lipinski definition) is 3. The SMILES string of the molecule is CO.CO.Cc1ccnc(C)c1. The highest BCUT2D eigenvalue weighted by Gasteiger charge is 1.82. The van der Waals surface area contributed by atoms with Crippen LogP contribution in [0.5, 0.6) is 0 Å². The first-order chi connectivity index (χ1) is 5.79. The Balaban J connectivity index is 0. The summed E-state index contributed by atoms with van der Waals surface area (Å²) in [6, 6.07) is 4.05. The maximum Gasteiger partial charge on any atom is 0.0375 e. The summed E-state index contributed by atoms with van der Waals surface area (Å²) in [5, 5.41) is 14.0. The van der Waals surface area contributed by atoms with Crippen LogP contribution in [0.25, 0.3) is 0 Å². The predicted molar refractivity (Wildman–Crippen MR) is 50.0 cm³/mol. The van der Waals surface area contributed by atoms with E-state index in [1.165, 1.54) is 5.56 Å². The summed E-state index contributed by atoms with van der Waals surface area (Å²) in [5.41, 5.74) is 2.36. The molecule has 1 heterocycles. The quantitative estimate of drug-likeness (QED) is 0.610. The van der Waals surface area contributed by atoms with Gasteiger partial charge in [0.15, 0.2) is 0 Å². The average molecular weight is 171 g/mol. The fourth-order valence-corrected chi connectivity index (χ4v) is 0.687. The Bertz CT molecular complexity index is 172. The van der Waals surface area contributed by atoms with Crippen molar-refractivity contribution in [2.45, 2.75) is 13.8 Å². The Labute approximate surface area is 73.7 Å². The molecule has 70 valence electrons. The van der Waals surface area contributed by atoms with Gasteiger partial charge in [0.1, 0.15) is 0 Å². The van der Waals surface area contributed by atoms with Crippen LogP contribution in [-0.2, 0) is 0 Å². The summed E-state index contributed by atoms with van der Waals surface area (Å²) < 4.78 is 0. The molecule has 12 heavy (non-hydrogen) atoms. The topological polar surface area (TPSA) is 53.4 Å². The number of aliphatic hydroxyl groups excluding tert-OH is 2. The van der Waals surface area contributed by atoms with E-state index in [0.29, 0.717) is 0 Å². The molecule has 0 aliphatic carbocycles. The van der Waals surface area contributed by atoms with Gasteiger partial charge in [0, 0.05) is 26.1 Å². The maximum atomic E-state index is 7.00. The molecule has 0 atom stereocenters. The van der Waals surface area contributed by atoms with Crippen LogP contribution in [0.3, 0.4) is 0 Å². The second kappa shape index (κ2) is 10.1. The predicted octanol–water partition coefficient (Wildman–Crippen LogP) is 0.915. The fourth-order valence-electron chi connectivity index (χ4n) is 0.687. The van der Waals surface area contributed by atoms with Gasteiger partial charge in [-0.3, -0.25) is 4.98 Å². The molecule has 0 fully saturated rings. The lowest BCUT2D eigenvalue weighted by Gasteiger charge is -1.90. The van der Waals surface area contributed by atoms with Crippen molar-refractivity contribution in [1.29, 1.82) is 0 Å². The lowest BCUT2D eigenvalue weighted by molar-refractivity contribution is 0.399. The summed E-state index contributed by atoms with van der Waals surface area (Å²) in [6.45, 7) is 4.06. The number of hydrogen-bond donors (Lipinski definition) is 2. The molecule has 0 saturated carbocycles. The van der Waals surface area contributed by atoms with E-state index in [-0.39, 0.29) is 0 Å². The Kier molecular flexibility index (Phi) is 11.5. The Morgan fingerprint density at radius 1 is 1.08 bits per heavy atom. The molecule has 3 nitrogen and oxygen atoms in total. The molecule has 0 bridgehead atoms. The van der Waals surface area contributed by atoms with Crippen molar-refractivity contribution in [2.75, 3.05) is 14.2 Å². The summed E-state index contributed by atoms with van der Waals surface area (Å²) in [5.74, 6) is 0. The molecule has 0 aliphatic rings. The van der Waals surface area contributed by atoms with Gasteiger partial charge in [-0.15, -0.1) is 0 Å². The number of pyridine rings is 1. The molecular weight excluding hydrogens is 154 g/mol. The highest BCUT2D eigenvalue weighted by Crippen LogP contribution is 1.95. The van der Waals surface area contributed by atoms with Crippen molar-refractivity contribution in [3.05, 3.63) is 29.6 Å². The third-order valence-electron chi connectivity index (χ3n) is 1.05. The van der Waals surface area contributed by atoms with Crippen molar-refractivity contribution in [1.82, 2.24) is 4.98 Å². The minimum atomic E-state index is 1.00. The van der Waals surface area contributed by atoms with Gasteiger partial charge in [-0.2, -0.15) is 0 Å². The lowest BCUT2D eigenvalue weighted by atomic mass is 10.3. The first kappa shape index (κ1) is 13.6. The van der Waals surface area contributed by atoms with Crippen LogP contribution in [-0.4, -0.2) is 29.4 Å². The molecule has 0 amide bonds. The number of aliphatic hydroxyl groups is 2. The molecule has 0 unspecified atom stereocenters. The summed E-state index contributed by atoms with van der Waals surface area (Å²) in [7, 11) is 2.00. The van der Waals surface area contributed by atoms with Gasteiger partial charge in [0.25, 0.3) is 0 Å². The van der Waals surface area contributed by atoms with E-state index in [4.69, 9.17) is 10.2 Å². The molecule has 2 N–H and O–H groups in total. The van der Waals surface area contributed by atoms with Crippen LogP contribution in [0.4, 0.5) is 0 Å². The van der Waals surface area contributed by atoms with E-state index in [0.717, 1.165) is 19.9 Å². The van der Waals surface area contributed by atoms with Crippen molar-refractivity contribution in [3.63, 3.8) is 0 Å². The number of nitrogens with zero attached hydrogens (tertiary/aromatic N) is 1. The molecule has 3 heteroatoms. The zero-order chi connectivity index (χ0) is 9.98. The molecule has 1 rings (SSSR count). The molecular formula is C9H17NO2. The molecule has 0 radical (unpaired) electrons. The van der Waals surface area contributed by atoms with Crippen LogP contribution in [0, 0.1) is 13.8 Å². The van der Waals surface area contributed by atoms with Gasteiger partial charge in [0.05, 0.1) is 0 Å². The molecule has 0 saturated heterocycles. The zero-order valence-electron chi connectivity index (χ0n) is 8.07. The molecule has 0 aliphatic heterocycles. The average Bonchev–Trinajstić information content (AvgIpc) is 2.11. The van der Waals surface area contributed by atoms with E-state index in [2.05, 4.69) is 18.0 Å². The Morgan fingerprint density at radius 3 is 1.83 bits per heavy atom. The minimum Gasteiger partial charge on any atom is -0.400 e. The van der Waals surface area contributed by atoms with E-state index < -0.39 is 0 Å². The fraction of sp³-hybridized carbons (Fsp3) is 0.444. The maximum absolute atomic E-state index is 7.00. The lowest BCUT2D eigenvalue weighted by Crippen LogP contribution is -1.78. The van der Waals surface area contributed by atoms with Gasteiger partial charge in [-0.05, 0) is 31.5 Å². The van der Waals surface area contributed by atoms with Crippen LogP contribution < -0.4 is 0 Å². The second-order valence-corrected chi connectivity index (χ2v) is 1.97. The van der Waals surface area contributed by atoms with Crippen LogP contribution in [0.2, 0.25) is 0 Å². The van der Waals surface area contributed by atoms with E-state index in [1.807, 2.05) is 19.2 Å². The summed E-state index contributed by atoms with van der Waals surface area (Å²) in [6.07, 6.45) is 1.82. The van der Waals surface area contributed by atoms with Crippen LogP contribution >= 0.6 is 0 Å². The van der Waals surface area contributed by atoms with Gasteiger partial charge in [-0.25, -0.2) is 0 Å². The van der Waals surface area contributed by atoms with Gasteiger partial charge >= 0.3 is 0 Å². The largest absolute Gasteiger partial charge is 0.400 e. The van der Waals surface area contributed by atoms with Crippen molar-refractivity contribution in [3.8, 4) is 0 Å². The van der Waals surface area contributed by atoms with Gasteiger partial charge < -0.3 is 10.2 Å². The summed E-state index contributed by atoms with van der Waals surface area (Å²) >= 11 is 0. The zero-order valence-corrected chi connectivity index (χ0v) is 8.07. The van der Waals surface area contributed by atoms with E-state index in [1.54, 1.807) is 0 Å². The third kappa shape index (κ3) is 7.18. The van der Waals surface area contributed by atoms with Crippen molar-refractivity contribution >= 4 is 0 Å². The first-order valence-electron chi connectivity index (χ1n) is 3.58. The highest BCUT2D eigenvalue weighted by molar-refractivity contribution is 5.12. The van der Waals surface area contributed by atoms with Gasteiger partial charge in [-0.1, -0.05) is 0 Å². The number of aryl methyl sites for hydroxylation is 2. The van der Waals surface area contributed by atoms with Crippen molar-refractivity contribution in [2.24, 2.45) is 0 Å². The number of aromatic nitrogens is 1. The standard InChI is InChI=1S/C7H9N.2CH4O/c1-6-3-4-8-7(2)5-6;2*1-2/h3-5H,1-2H3;2*2H,1H3. The molecule has 0 spiro atoms. The van der Waals surface area contributed by atoms with Crippen molar-refractivity contribution < 1.29 is 10.2 Å². The molecule has 1 aromatic rings. The van der Waals surface area contributed by atoms with Crippen LogP contribution in [0.1, 0.15) is 11.3 Å². The highest BCUT2D eigenvalue weighted by atomic mass is 16.2. The number of rotatable bonds is 0. The van der Waals surface area contributed by atoms with Gasteiger partial charge in [0.2, 0.25) is 0 Å². The molecule has 1 aromatic heterocycles. The van der Waals surface area contributed by atoms with E-state index >= 15 is 0 Å². The van der Waals surface area contributed by atoms with Crippen LogP contribution in [0.15, 0.2) is 18.3 Å². The Morgan fingerprint density at radius 2 is 1.58 bits per heavy atom. The smallest absolute Gasteiger partial charge is 0.0375 e. The minimum absolute atomic E-state index is 1.00. The third-order valence-corrected chi connectivity index (χ3v) is 1.05. The van der Waals surface area contributed by atoms with E-state index in [9.17, 15) is 0 Å². The summed E-state index contributed by atoms with van der Waals surface area (Å²) in [4.78, 5) is 4.04. The second-order valence-electron chi connectivity index (χ2n) is 1.97.